The van der Waals surface area contributed by atoms with Crippen LogP contribution in [0.5, 0.6) is 0 Å². The number of carboxylic acids is 1. The third-order valence-electron chi connectivity index (χ3n) is 6.15. The fourth-order valence-corrected chi connectivity index (χ4v) is 4.05. The molecule has 2 aromatic heterocycles. The summed E-state index contributed by atoms with van der Waals surface area (Å²) in [5.74, 6) is -4.80. The summed E-state index contributed by atoms with van der Waals surface area (Å²) in [4.78, 5) is 71.6. The zero-order chi connectivity index (χ0) is 29.4. The number of aliphatic hydroxyl groups excluding tert-OH is 1. The van der Waals surface area contributed by atoms with Crippen LogP contribution in [0.2, 0.25) is 0 Å². The Bertz CT molecular complexity index is 1350. The number of para-hydroxylation sites is 1. The molecule has 0 saturated carbocycles. The summed E-state index contributed by atoms with van der Waals surface area (Å²) in [5.41, 5.74) is 12.8. The van der Waals surface area contributed by atoms with Crippen LogP contribution < -0.4 is 27.4 Å². The van der Waals surface area contributed by atoms with Gasteiger partial charge in [0.15, 0.2) is 0 Å². The Morgan fingerprint density at radius 2 is 1.68 bits per heavy atom. The van der Waals surface area contributed by atoms with Crippen molar-refractivity contribution in [3.05, 3.63) is 54.2 Å². The largest absolute Gasteiger partial charge is 0.480 e. The number of carboxylic acid groups (broad SMARTS) is 1. The van der Waals surface area contributed by atoms with Crippen molar-refractivity contribution in [2.45, 2.75) is 56.5 Å². The van der Waals surface area contributed by atoms with Crippen LogP contribution in [0.15, 0.2) is 43.0 Å². The highest BCUT2D eigenvalue weighted by Crippen LogP contribution is 2.19. The lowest BCUT2D eigenvalue weighted by Crippen LogP contribution is -2.60. The topological polar surface area (TPSA) is 258 Å². The smallest absolute Gasteiger partial charge is 0.326 e. The molecule has 15 heteroatoms. The predicted octanol–water partition coefficient (Wildman–Crippen LogP) is -2.20. The third kappa shape index (κ3) is 7.87. The zero-order valence-electron chi connectivity index (χ0n) is 21.6. The molecule has 0 aliphatic carbocycles. The van der Waals surface area contributed by atoms with E-state index >= 15 is 0 Å². The molecule has 0 bridgehead atoms. The molecular formula is C25H32N8O7. The van der Waals surface area contributed by atoms with Gasteiger partial charge >= 0.3 is 5.97 Å². The van der Waals surface area contributed by atoms with Crippen molar-refractivity contribution in [3.8, 4) is 0 Å². The van der Waals surface area contributed by atoms with Crippen LogP contribution in [-0.2, 0) is 36.8 Å². The Kier molecular flexibility index (Phi) is 9.94. The fraction of sp³-hybridized carbons (Fsp3) is 0.360. The van der Waals surface area contributed by atoms with E-state index in [1.54, 1.807) is 12.3 Å². The van der Waals surface area contributed by atoms with Gasteiger partial charge in [0, 0.05) is 41.8 Å². The van der Waals surface area contributed by atoms with E-state index in [1.807, 2.05) is 18.2 Å². The molecular weight excluding hydrogens is 524 g/mol. The summed E-state index contributed by atoms with van der Waals surface area (Å²) in [5, 5.41) is 27.8. The van der Waals surface area contributed by atoms with Crippen LogP contribution in [0.25, 0.3) is 10.9 Å². The number of rotatable bonds is 14. The molecule has 0 aliphatic heterocycles. The van der Waals surface area contributed by atoms with Gasteiger partial charge in [0.05, 0.1) is 24.9 Å². The number of benzene rings is 1. The summed E-state index contributed by atoms with van der Waals surface area (Å²) in [6.45, 7) is 1.24. The molecule has 4 amide bonds. The number of carbonyl (C=O) groups is 5. The summed E-state index contributed by atoms with van der Waals surface area (Å²) in [7, 11) is 0. The monoisotopic (exact) mass is 556 g/mol. The Morgan fingerprint density at radius 3 is 2.30 bits per heavy atom. The van der Waals surface area contributed by atoms with Crippen LogP contribution in [0.3, 0.4) is 0 Å². The molecule has 11 N–H and O–H groups in total. The second kappa shape index (κ2) is 13.3. The average Bonchev–Trinajstić information content (AvgIpc) is 3.55. The van der Waals surface area contributed by atoms with E-state index in [0.29, 0.717) is 11.3 Å². The summed E-state index contributed by atoms with van der Waals surface area (Å²) < 4.78 is 0. The van der Waals surface area contributed by atoms with E-state index in [0.717, 1.165) is 10.9 Å². The maximum absolute atomic E-state index is 13.4. The van der Waals surface area contributed by atoms with Crippen molar-refractivity contribution in [1.82, 2.24) is 30.9 Å². The number of aliphatic hydroxyl groups is 1. The molecule has 5 unspecified atom stereocenters. The van der Waals surface area contributed by atoms with Crippen molar-refractivity contribution in [3.63, 3.8) is 0 Å². The number of aromatic amines is 2. The first-order valence-corrected chi connectivity index (χ1v) is 12.3. The number of hydrogen-bond donors (Lipinski definition) is 9. The number of aliphatic carboxylic acids is 1. The molecule has 0 radical (unpaired) electrons. The lowest BCUT2D eigenvalue weighted by molar-refractivity contribution is -0.143. The van der Waals surface area contributed by atoms with Crippen LogP contribution >= 0.6 is 0 Å². The number of amides is 4. The van der Waals surface area contributed by atoms with E-state index in [2.05, 4.69) is 30.9 Å². The lowest BCUT2D eigenvalue weighted by atomic mass is 10.0. The van der Waals surface area contributed by atoms with Gasteiger partial charge in [-0.2, -0.15) is 0 Å². The van der Waals surface area contributed by atoms with Crippen LogP contribution in [0.1, 0.15) is 24.6 Å². The molecule has 0 fully saturated rings. The second-order valence-electron chi connectivity index (χ2n) is 9.31. The molecule has 214 valence electrons. The van der Waals surface area contributed by atoms with Crippen molar-refractivity contribution in [1.29, 1.82) is 0 Å². The van der Waals surface area contributed by atoms with Crippen LogP contribution in [0.4, 0.5) is 0 Å². The standard InChI is InChI=1S/C25H32N8O7/c1-12(34)21(24(38)32-19(25(39)40)7-14-10-28-11-30-14)33-23(37)18(31-22(36)16(26)8-20(27)35)6-13-9-29-17-5-3-2-4-15(13)17/h2-5,9-12,16,18-19,21,29,34H,6-8,26H2,1H3,(H2,27,35)(H,28,30)(H,31,36)(H,32,38)(H,33,37)(H,39,40). The van der Waals surface area contributed by atoms with E-state index < -0.39 is 66.3 Å². The Balaban J connectivity index is 1.80. The average molecular weight is 557 g/mol. The molecule has 0 aliphatic rings. The minimum Gasteiger partial charge on any atom is -0.480 e. The van der Waals surface area contributed by atoms with Crippen LogP contribution in [0, 0.1) is 0 Å². The predicted molar refractivity (Wildman–Crippen MR) is 141 cm³/mol. The Hall–Kier alpha value is -4.76. The van der Waals surface area contributed by atoms with Crippen molar-refractivity contribution in [2.75, 3.05) is 0 Å². The Labute approximate surface area is 228 Å². The summed E-state index contributed by atoms with van der Waals surface area (Å²) in [6.07, 6.45) is 2.34. The van der Waals surface area contributed by atoms with Gasteiger partial charge in [-0.15, -0.1) is 0 Å². The fourth-order valence-electron chi connectivity index (χ4n) is 4.05. The highest BCUT2D eigenvalue weighted by molar-refractivity contribution is 5.96. The molecule has 5 atom stereocenters. The van der Waals surface area contributed by atoms with Gasteiger partial charge in [-0.1, -0.05) is 18.2 Å². The lowest BCUT2D eigenvalue weighted by Gasteiger charge is -2.26. The van der Waals surface area contributed by atoms with E-state index in [9.17, 15) is 34.2 Å². The first-order chi connectivity index (χ1) is 19.0. The first-order valence-electron chi connectivity index (χ1n) is 12.3. The Morgan fingerprint density at radius 1 is 0.975 bits per heavy atom. The normalized spacial score (nSPS) is 14.9. The van der Waals surface area contributed by atoms with Gasteiger partial charge in [0.1, 0.15) is 18.1 Å². The van der Waals surface area contributed by atoms with Crippen molar-refractivity contribution >= 4 is 40.5 Å². The molecule has 3 rings (SSSR count). The quantitative estimate of drug-likeness (QED) is 0.104. The van der Waals surface area contributed by atoms with Crippen LogP contribution in [-0.4, -0.2) is 85.0 Å². The molecule has 1 aromatic carbocycles. The second-order valence-corrected chi connectivity index (χ2v) is 9.31. The van der Waals surface area contributed by atoms with Crippen molar-refractivity contribution < 1.29 is 34.2 Å². The van der Waals surface area contributed by atoms with E-state index in [4.69, 9.17) is 11.5 Å². The maximum atomic E-state index is 13.4. The highest BCUT2D eigenvalue weighted by atomic mass is 16.4. The minimum absolute atomic E-state index is 0.0450. The summed E-state index contributed by atoms with van der Waals surface area (Å²) in [6, 6.07) is 1.68. The number of aromatic nitrogens is 3. The van der Waals surface area contributed by atoms with Crippen molar-refractivity contribution in [2.24, 2.45) is 11.5 Å². The first kappa shape index (κ1) is 29.8. The highest BCUT2D eigenvalue weighted by Gasteiger charge is 2.33. The number of H-pyrrole nitrogens is 2. The number of hydrogen-bond acceptors (Lipinski definition) is 8. The number of nitrogens with zero attached hydrogens (tertiary/aromatic N) is 1. The molecule has 15 nitrogen and oxygen atoms in total. The minimum atomic E-state index is -1.57. The third-order valence-corrected chi connectivity index (χ3v) is 6.15. The number of imidazole rings is 1. The number of carbonyl (C=O) groups excluding carboxylic acids is 4. The maximum Gasteiger partial charge on any atom is 0.326 e. The van der Waals surface area contributed by atoms with Gasteiger partial charge in [-0.25, -0.2) is 9.78 Å². The zero-order valence-corrected chi connectivity index (χ0v) is 21.6. The number of nitrogens with one attached hydrogen (secondary N) is 5. The number of primary amides is 1. The molecule has 0 spiro atoms. The van der Waals surface area contributed by atoms with Gasteiger partial charge in [0.25, 0.3) is 0 Å². The number of fused-ring (bicyclic) bond motifs is 1. The van der Waals surface area contributed by atoms with Gasteiger partial charge in [-0.3, -0.25) is 19.2 Å². The van der Waals surface area contributed by atoms with E-state index in [-0.39, 0.29) is 12.8 Å². The SMILES string of the molecule is CC(O)C(NC(=O)C(Cc1c[nH]c2ccccc12)NC(=O)C(N)CC(N)=O)C(=O)NC(Cc1cnc[nH]1)C(=O)O. The van der Waals surface area contributed by atoms with Gasteiger partial charge in [-0.05, 0) is 18.6 Å². The van der Waals surface area contributed by atoms with E-state index in [1.165, 1.54) is 19.4 Å². The van der Waals surface area contributed by atoms with Gasteiger partial charge in [0.2, 0.25) is 23.6 Å². The molecule has 3 aromatic rings. The molecule has 0 saturated heterocycles. The summed E-state index contributed by atoms with van der Waals surface area (Å²) >= 11 is 0. The number of nitrogens with two attached hydrogens (primary N) is 2. The van der Waals surface area contributed by atoms with Gasteiger partial charge < -0.3 is 47.6 Å². The molecule has 2 heterocycles. The molecule has 40 heavy (non-hydrogen) atoms.